The van der Waals surface area contributed by atoms with Gasteiger partial charge in [-0.15, -0.1) is 0 Å². The van der Waals surface area contributed by atoms with Gasteiger partial charge >= 0.3 is 5.97 Å². The number of hydrogen-bond donors (Lipinski definition) is 0. The lowest BCUT2D eigenvalue weighted by molar-refractivity contribution is 0.0722. The van der Waals surface area contributed by atoms with E-state index in [1.807, 2.05) is 37.3 Å². The molecule has 0 fully saturated rings. The highest BCUT2D eigenvalue weighted by Crippen LogP contribution is 2.22. The summed E-state index contributed by atoms with van der Waals surface area (Å²) in [6.07, 6.45) is 3.14. The maximum absolute atomic E-state index is 12.4. The average Bonchev–Trinajstić information content (AvgIpc) is 3.05. The molecule has 0 aliphatic rings. The van der Waals surface area contributed by atoms with Crippen molar-refractivity contribution in [2.75, 3.05) is 0 Å². The summed E-state index contributed by atoms with van der Waals surface area (Å²) >= 11 is 5.91. The summed E-state index contributed by atoms with van der Waals surface area (Å²) in [5.74, 6) is -0.0600. The molecule has 1 heterocycles. The molecule has 0 N–H and O–H groups in total. The van der Waals surface area contributed by atoms with Crippen molar-refractivity contribution in [1.82, 2.24) is 9.55 Å². The number of aromatic nitrogens is 2. The van der Waals surface area contributed by atoms with Gasteiger partial charge in [0.1, 0.15) is 11.4 Å². The summed E-state index contributed by atoms with van der Waals surface area (Å²) in [5.41, 5.74) is 1.48. The fraction of sp³-hybridized carbons (Fsp3) is 0.111. The number of benzene rings is 2. The standard InChI is InChI=1S/C18H15ClN2O2/c1-13(14-6-3-2-4-7-14)21-12-20-11-17(21)18(22)23-16-9-5-8-15(19)10-16/h2-13H,1H3. The minimum atomic E-state index is -0.465. The fourth-order valence-corrected chi connectivity index (χ4v) is 2.53. The van der Waals surface area contributed by atoms with Crippen LogP contribution in [0.3, 0.4) is 0 Å². The fourth-order valence-electron chi connectivity index (χ4n) is 2.35. The second kappa shape index (κ2) is 6.67. The quantitative estimate of drug-likeness (QED) is 0.528. The highest BCUT2D eigenvalue weighted by molar-refractivity contribution is 6.30. The van der Waals surface area contributed by atoms with Crippen LogP contribution in [0.4, 0.5) is 0 Å². The zero-order valence-corrected chi connectivity index (χ0v) is 13.3. The molecular weight excluding hydrogens is 312 g/mol. The van der Waals surface area contributed by atoms with Crippen LogP contribution in [0.2, 0.25) is 5.02 Å². The van der Waals surface area contributed by atoms with Crippen molar-refractivity contribution in [2.45, 2.75) is 13.0 Å². The van der Waals surface area contributed by atoms with E-state index >= 15 is 0 Å². The number of rotatable bonds is 4. The minimum absolute atomic E-state index is 0.0272. The van der Waals surface area contributed by atoms with Crippen LogP contribution < -0.4 is 4.74 Å². The van der Waals surface area contributed by atoms with E-state index in [2.05, 4.69) is 4.98 Å². The first-order valence-electron chi connectivity index (χ1n) is 7.19. The predicted molar refractivity (Wildman–Crippen MR) is 88.9 cm³/mol. The Morgan fingerprint density at radius 2 is 1.96 bits per heavy atom. The maximum atomic E-state index is 12.4. The summed E-state index contributed by atoms with van der Waals surface area (Å²) in [5, 5.41) is 0.515. The lowest BCUT2D eigenvalue weighted by Gasteiger charge is -2.16. The first-order valence-corrected chi connectivity index (χ1v) is 7.57. The van der Waals surface area contributed by atoms with Crippen LogP contribution in [0.25, 0.3) is 0 Å². The van der Waals surface area contributed by atoms with Crippen LogP contribution in [-0.4, -0.2) is 15.5 Å². The molecule has 5 heteroatoms. The van der Waals surface area contributed by atoms with Crippen molar-refractivity contribution in [3.8, 4) is 5.75 Å². The van der Waals surface area contributed by atoms with Crippen LogP contribution in [0.5, 0.6) is 5.75 Å². The van der Waals surface area contributed by atoms with E-state index in [9.17, 15) is 4.79 Å². The number of esters is 1. The molecule has 0 spiro atoms. The number of imidazole rings is 1. The third-order valence-electron chi connectivity index (χ3n) is 3.58. The van der Waals surface area contributed by atoms with E-state index in [1.165, 1.54) is 6.20 Å². The van der Waals surface area contributed by atoms with E-state index < -0.39 is 5.97 Å². The molecule has 0 amide bonds. The van der Waals surface area contributed by atoms with Gasteiger partial charge in [-0.05, 0) is 30.7 Å². The molecule has 1 unspecified atom stereocenters. The predicted octanol–water partition coefficient (Wildman–Crippen LogP) is 4.37. The molecule has 3 aromatic rings. The molecule has 3 rings (SSSR count). The van der Waals surface area contributed by atoms with E-state index in [0.29, 0.717) is 16.5 Å². The number of nitrogens with zero attached hydrogens (tertiary/aromatic N) is 2. The largest absolute Gasteiger partial charge is 0.422 e. The molecular formula is C18H15ClN2O2. The molecule has 0 saturated carbocycles. The SMILES string of the molecule is CC(c1ccccc1)n1cncc1C(=O)Oc1cccc(Cl)c1. The van der Waals surface area contributed by atoms with Crippen LogP contribution in [-0.2, 0) is 0 Å². The highest BCUT2D eigenvalue weighted by atomic mass is 35.5. The van der Waals surface area contributed by atoms with Gasteiger partial charge in [0.15, 0.2) is 0 Å². The maximum Gasteiger partial charge on any atom is 0.362 e. The van der Waals surface area contributed by atoms with Gasteiger partial charge in [0, 0.05) is 5.02 Å². The van der Waals surface area contributed by atoms with Crippen LogP contribution in [0.1, 0.15) is 29.0 Å². The van der Waals surface area contributed by atoms with Crippen molar-refractivity contribution in [3.63, 3.8) is 0 Å². The highest BCUT2D eigenvalue weighted by Gasteiger charge is 2.18. The number of carbonyl (C=O) groups is 1. The van der Waals surface area contributed by atoms with Gasteiger partial charge in [-0.3, -0.25) is 0 Å². The Balaban J connectivity index is 1.84. The third-order valence-corrected chi connectivity index (χ3v) is 3.82. The first-order chi connectivity index (χ1) is 11.1. The van der Waals surface area contributed by atoms with Crippen LogP contribution in [0.15, 0.2) is 67.1 Å². The van der Waals surface area contributed by atoms with Crippen molar-refractivity contribution < 1.29 is 9.53 Å². The Labute approximate surface area is 139 Å². The average molecular weight is 327 g/mol. The molecule has 116 valence electrons. The van der Waals surface area contributed by atoms with Crippen molar-refractivity contribution in [1.29, 1.82) is 0 Å². The Hall–Kier alpha value is -2.59. The van der Waals surface area contributed by atoms with Gasteiger partial charge in [0.05, 0.1) is 18.6 Å². The zero-order valence-electron chi connectivity index (χ0n) is 12.5. The second-order valence-electron chi connectivity index (χ2n) is 5.12. The molecule has 4 nitrogen and oxygen atoms in total. The number of carbonyl (C=O) groups excluding carboxylic acids is 1. The summed E-state index contributed by atoms with van der Waals surface area (Å²) < 4.78 is 7.18. The lowest BCUT2D eigenvalue weighted by Crippen LogP contribution is -2.17. The van der Waals surface area contributed by atoms with Crippen molar-refractivity contribution in [3.05, 3.63) is 83.4 Å². The number of hydrogen-bond acceptors (Lipinski definition) is 3. The van der Waals surface area contributed by atoms with Gasteiger partial charge in [-0.1, -0.05) is 48.0 Å². The molecule has 2 aromatic carbocycles. The molecule has 0 saturated heterocycles. The Morgan fingerprint density at radius 1 is 1.17 bits per heavy atom. The Kier molecular flexibility index (Phi) is 4.44. The summed E-state index contributed by atoms with van der Waals surface area (Å²) in [4.78, 5) is 16.5. The zero-order chi connectivity index (χ0) is 16.2. The van der Waals surface area contributed by atoms with E-state index in [-0.39, 0.29) is 6.04 Å². The smallest absolute Gasteiger partial charge is 0.362 e. The van der Waals surface area contributed by atoms with Gasteiger partial charge in [0.2, 0.25) is 0 Å². The van der Waals surface area contributed by atoms with E-state index in [4.69, 9.17) is 16.3 Å². The Morgan fingerprint density at radius 3 is 2.70 bits per heavy atom. The van der Waals surface area contributed by atoms with Gasteiger partial charge in [-0.25, -0.2) is 9.78 Å². The molecule has 0 aliphatic heterocycles. The van der Waals surface area contributed by atoms with Crippen LogP contribution in [0, 0.1) is 0 Å². The summed E-state index contributed by atoms with van der Waals surface area (Å²) in [7, 11) is 0. The van der Waals surface area contributed by atoms with Crippen molar-refractivity contribution >= 4 is 17.6 Å². The lowest BCUT2D eigenvalue weighted by atomic mass is 10.1. The summed E-state index contributed by atoms with van der Waals surface area (Å²) in [6, 6.07) is 16.6. The minimum Gasteiger partial charge on any atom is -0.422 e. The monoisotopic (exact) mass is 326 g/mol. The summed E-state index contributed by atoms with van der Waals surface area (Å²) in [6.45, 7) is 2.01. The normalized spacial score (nSPS) is 11.9. The molecule has 1 atom stereocenters. The van der Waals surface area contributed by atoms with E-state index in [0.717, 1.165) is 5.56 Å². The number of ether oxygens (including phenoxy) is 1. The molecule has 1 aromatic heterocycles. The third kappa shape index (κ3) is 3.43. The topological polar surface area (TPSA) is 44.1 Å². The first kappa shape index (κ1) is 15.3. The second-order valence-corrected chi connectivity index (χ2v) is 5.56. The van der Waals surface area contributed by atoms with Gasteiger partial charge in [0.25, 0.3) is 0 Å². The molecule has 0 bridgehead atoms. The van der Waals surface area contributed by atoms with E-state index in [1.54, 1.807) is 35.2 Å². The molecule has 0 aliphatic carbocycles. The molecule has 23 heavy (non-hydrogen) atoms. The number of halogens is 1. The Bertz CT molecular complexity index is 815. The molecule has 0 radical (unpaired) electrons. The van der Waals surface area contributed by atoms with Crippen LogP contribution >= 0.6 is 11.6 Å². The van der Waals surface area contributed by atoms with Crippen molar-refractivity contribution in [2.24, 2.45) is 0 Å². The van der Waals surface area contributed by atoms with Gasteiger partial charge < -0.3 is 9.30 Å². The van der Waals surface area contributed by atoms with Gasteiger partial charge in [-0.2, -0.15) is 0 Å².